The van der Waals surface area contributed by atoms with Gasteiger partial charge in [0.2, 0.25) is 0 Å². The van der Waals surface area contributed by atoms with Crippen molar-refractivity contribution in [3.05, 3.63) is 63.6 Å². The highest BCUT2D eigenvalue weighted by Gasteiger charge is 2.32. The van der Waals surface area contributed by atoms with E-state index in [1.165, 1.54) is 20.4 Å². The van der Waals surface area contributed by atoms with Crippen LogP contribution in [0.2, 0.25) is 5.02 Å². The first-order valence-electron chi connectivity index (χ1n) is 8.48. The molecule has 0 amide bonds. The highest BCUT2D eigenvalue weighted by Crippen LogP contribution is 2.34. The monoisotopic (exact) mass is 474 g/mol. The number of hydrogen-bond acceptors (Lipinski definition) is 6. The van der Waals surface area contributed by atoms with Gasteiger partial charge in [-0.25, -0.2) is 26.5 Å². The highest BCUT2D eigenvalue weighted by molar-refractivity contribution is 7.93. The van der Waals surface area contributed by atoms with Gasteiger partial charge in [-0.05, 0) is 25.1 Å². The molecule has 0 aliphatic rings. The molecule has 6 nitrogen and oxygen atoms in total. The number of benzene rings is 2. The summed E-state index contributed by atoms with van der Waals surface area (Å²) in [4.78, 5) is 4.13. The molecule has 0 aliphatic heterocycles. The molecule has 2 aromatic carbocycles. The summed E-state index contributed by atoms with van der Waals surface area (Å²) in [5.41, 5.74) is 0.489. The van der Waals surface area contributed by atoms with Gasteiger partial charge in [-0.3, -0.25) is 0 Å². The van der Waals surface area contributed by atoms with Crippen molar-refractivity contribution in [1.29, 1.82) is 0 Å². The van der Waals surface area contributed by atoms with Crippen molar-refractivity contribution in [3.8, 4) is 11.5 Å². The van der Waals surface area contributed by atoms with Gasteiger partial charge in [0.1, 0.15) is 28.0 Å². The molecule has 0 saturated heterocycles. The van der Waals surface area contributed by atoms with Crippen LogP contribution in [0.4, 0.5) is 13.9 Å². The molecule has 3 rings (SSSR count). The van der Waals surface area contributed by atoms with Crippen molar-refractivity contribution in [3.63, 3.8) is 0 Å². The summed E-state index contributed by atoms with van der Waals surface area (Å²) in [6.07, 6.45) is 1.50. The number of methoxy groups -OCH3 is 2. The third kappa shape index (κ3) is 4.35. The predicted octanol–water partition coefficient (Wildman–Crippen LogP) is 4.80. The van der Waals surface area contributed by atoms with Crippen LogP contribution >= 0.6 is 22.9 Å². The molecular formula is C19H17ClF2N2O4S2. The molecule has 1 heterocycles. The van der Waals surface area contributed by atoms with Crippen LogP contribution in [0.15, 0.2) is 41.4 Å². The van der Waals surface area contributed by atoms with Crippen molar-refractivity contribution < 1.29 is 26.7 Å². The minimum absolute atomic E-state index is 0.116. The van der Waals surface area contributed by atoms with Crippen molar-refractivity contribution in [2.24, 2.45) is 0 Å². The normalized spacial score (nSPS) is 11.4. The zero-order chi connectivity index (χ0) is 22.1. The van der Waals surface area contributed by atoms with Gasteiger partial charge in [0.05, 0.1) is 25.8 Å². The lowest BCUT2D eigenvalue weighted by molar-refractivity contribution is 0.391. The van der Waals surface area contributed by atoms with Crippen LogP contribution in [0.1, 0.15) is 10.4 Å². The third-order valence-corrected chi connectivity index (χ3v) is 7.27. The Balaban J connectivity index is 2.14. The number of ether oxygens (including phenoxy) is 2. The summed E-state index contributed by atoms with van der Waals surface area (Å²) < 4.78 is 66.2. The van der Waals surface area contributed by atoms with Crippen LogP contribution in [0.25, 0.3) is 0 Å². The van der Waals surface area contributed by atoms with Gasteiger partial charge in [-0.15, -0.1) is 11.3 Å². The van der Waals surface area contributed by atoms with Crippen LogP contribution in [0.3, 0.4) is 0 Å². The fourth-order valence-electron chi connectivity index (χ4n) is 2.67. The minimum Gasteiger partial charge on any atom is -0.497 e. The maximum Gasteiger partial charge on any atom is 0.269 e. The van der Waals surface area contributed by atoms with Crippen molar-refractivity contribution in [1.82, 2.24) is 4.98 Å². The van der Waals surface area contributed by atoms with E-state index in [2.05, 4.69) is 4.98 Å². The molecule has 0 bridgehead atoms. The molecule has 160 valence electrons. The number of hydrogen-bond donors (Lipinski definition) is 0. The van der Waals surface area contributed by atoms with E-state index >= 15 is 0 Å². The fourth-order valence-corrected chi connectivity index (χ4v) is 5.34. The van der Waals surface area contributed by atoms with Crippen LogP contribution in [0.5, 0.6) is 11.5 Å². The molecule has 3 aromatic rings. The van der Waals surface area contributed by atoms with E-state index in [4.69, 9.17) is 21.1 Å². The third-order valence-electron chi connectivity index (χ3n) is 4.17. The van der Waals surface area contributed by atoms with Crippen LogP contribution < -0.4 is 13.8 Å². The average molecular weight is 475 g/mol. The Labute approximate surface area is 181 Å². The summed E-state index contributed by atoms with van der Waals surface area (Å²) >= 11 is 6.83. The average Bonchev–Trinajstić information content (AvgIpc) is 3.14. The van der Waals surface area contributed by atoms with E-state index in [0.717, 1.165) is 26.6 Å². The highest BCUT2D eigenvalue weighted by atomic mass is 35.5. The second-order valence-electron chi connectivity index (χ2n) is 6.14. The first-order valence-corrected chi connectivity index (χ1v) is 11.1. The van der Waals surface area contributed by atoms with E-state index in [9.17, 15) is 17.2 Å². The maximum absolute atomic E-state index is 14.4. The topological polar surface area (TPSA) is 68.7 Å². The van der Waals surface area contributed by atoms with Crippen molar-refractivity contribution in [2.45, 2.75) is 18.4 Å². The summed E-state index contributed by atoms with van der Waals surface area (Å²) in [6, 6.07) is 6.07. The molecule has 0 fully saturated rings. The van der Waals surface area contributed by atoms with Gasteiger partial charge in [0.25, 0.3) is 10.0 Å². The Hall–Kier alpha value is -2.43. The lowest BCUT2D eigenvalue weighted by Crippen LogP contribution is -2.31. The van der Waals surface area contributed by atoms with Gasteiger partial charge in [-0.1, -0.05) is 11.6 Å². The van der Waals surface area contributed by atoms with Gasteiger partial charge in [0.15, 0.2) is 5.13 Å². The smallest absolute Gasteiger partial charge is 0.269 e. The molecule has 0 radical (unpaired) electrons. The predicted molar refractivity (Wildman–Crippen MR) is 111 cm³/mol. The second-order valence-corrected chi connectivity index (χ2v) is 9.59. The Morgan fingerprint density at radius 1 is 1.13 bits per heavy atom. The first kappa shape index (κ1) is 22.3. The number of thiazole rings is 1. The zero-order valence-corrected chi connectivity index (χ0v) is 18.5. The molecule has 1 aromatic heterocycles. The SMILES string of the molecule is COc1ccc(CN(c2ncc(C)s2)S(=O)(=O)c2cc(Cl)c(F)cc2F)c(OC)c1. The largest absolute Gasteiger partial charge is 0.497 e. The molecule has 0 aliphatic carbocycles. The van der Waals surface area contributed by atoms with Crippen molar-refractivity contribution in [2.75, 3.05) is 18.5 Å². The number of sulfonamides is 1. The minimum atomic E-state index is -4.48. The van der Waals surface area contributed by atoms with Gasteiger partial charge >= 0.3 is 0 Å². The molecule has 0 atom stereocenters. The summed E-state index contributed by atoms with van der Waals surface area (Å²) in [5, 5.41) is -0.391. The summed E-state index contributed by atoms with van der Waals surface area (Å²) in [5.74, 6) is -1.41. The molecule has 11 heteroatoms. The summed E-state index contributed by atoms with van der Waals surface area (Å²) in [6.45, 7) is 1.55. The standard InChI is InChI=1S/C19H17ClF2N2O4S2/c1-11-9-23-19(29-11)24(10-12-4-5-13(27-2)6-17(12)28-3)30(25,26)18-7-14(20)15(21)8-16(18)22/h4-9H,10H2,1-3H3. The van der Waals surface area contributed by atoms with Crippen LogP contribution in [-0.2, 0) is 16.6 Å². The van der Waals surface area contributed by atoms with E-state index < -0.39 is 31.6 Å². The molecule has 0 unspecified atom stereocenters. The zero-order valence-electron chi connectivity index (χ0n) is 16.1. The van der Waals surface area contributed by atoms with Crippen LogP contribution in [0, 0.1) is 18.6 Å². The lowest BCUT2D eigenvalue weighted by atomic mass is 10.2. The Morgan fingerprint density at radius 2 is 1.87 bits per heavy atom. The number of aryl methyl sites for hydroxylation is 1. The van der Waals surface area contributed by atoms with Crippen molar-refractivity contribution >= 4 is 38.1 Å². The van der Waals surface area contributed by atoms with Gasteiger partial charge < -0.3 is 9.47 Å². The quantitative estimate of drug-likeness (QED) is 0.460. The van der Waals surface area contributed by atoms with Gasteiger partial charge in [-0.2, -0.15) is 0 Å². The Bertz CT molecular complexity index is 1190. The number of rotatable bonds is 7. The maximum atomic E-state index is 14.4. The van der Waals surface area contributed by atoms with Crippen LogP contribution in [-0.4, -0.2) is 27.6 Å². The number of nitrogens with zero attached hydrogens (tertiary/aromatic N) is 2. The lowest BCUT2D eigenvalue weighted by Gasteiger charge is -2.23. The number of halogens is 3. The molecule has 0 spiro atoms. The first-order chi connectivity index (χ1) is 14.2. The number of anilines is 1. The second kappa shape index (κ2) is 8.75. The van der Waals surface area contributed by atoms with E-state index in [1.54, 1.807) is 25.1 Å². The summed E-state index contributed by atoms with van der Waals surface area (Å²) in [7, 11) is -1.56. The van der Waals surface area contributed by atoms with E-state index in [-0.39, 0.29) is 11.7 Å². The molecule has 30 heavy (non-hydrogen) atoms. The fraction of sp³-hybridized carbons (Fsp3) is 0.211. The number of aromatic nitrogens is 1. The van der Waals surface area contributed by atoms with E-state index in [0.29, 0.717) is 23.1 Å². The Kier molecular flexibility index (Phi) is 6.49. The molecule has 0 saturated carbocycles. The van der Waals surface area contributed by atoms with E-state index in [1.807, 2.05) is 0 Å². The Morgan fingerprint density at radius 3 is 2.47 bits per heavy atom. The van der Waals surface area contributed by atoms with Gasteiger partial charge in [0, 0.05) is 28.8 Å². The molecular weight excluding hydrogens is 458 g/mol. The molecule has 0 N–H and O–H groups in total.